The zero-order chi connectivity index (χ0) is 15.2. The highest BCUT2D eigenvalue weighted by molar-refractivity contribution is 6.05. The van der Waals surface area contributed by atoms with Crippen molar-refractivity contribution in [2.24, 2.45) is 0 Å². The molecule has 0 unspecified atom stereocenters. The number of carbonyl (C=O) groups excluding carboxylic acids is 1. The lowest BCUT2D eigenvalue weighted by atomic mass is 10.0. The second kappa shape index (κ2) is 6.99. The van der Waals surface area contributed by atoms with E-state index in [1.54, 1.807) is 12.1 Å². The molecule has 2 aromatic rings. The Balaban J connectivity index is 2.22. The molecule has 0 fully saturated rings. The standard InChI is InChI=1S/C17H19FN2O/c1-12-7-8-14(18)11-16(12)20-17(21)15-6-4-3-5-13(15)9-10-19-2/h3-8,11,19H,9-10H2,1-2H3,(H,20,21). The molecule has 0 atom stereocenters. The molecule has 0 bridgehead atoms. The lowest BCUT2D eigenvalue weighted by Gasteiger charge is -2.12. The molecular weight excluding hydrogens is 267 g/mol. The molecule has 2 rings (SSSR count). The molecule has 3 nitrogen and oxygen atoms in total. The SMILES string of the molecule is CNCCc1ccccc1C(=O)Nc1cc(F)ccc1C. The van der Waals surface area contributed by atoms with E-state index < -0.39 is 0 Å². The van der Waals surface area contributed by atoms with Gasteiger partial charge in [0.15, 0.2) is 0 Å². The topological polar surface area (TPSA) is 41.1 Å². The summed E-state index contributed by atoms with van der Waals surface area (Å²) in [5.41, 5.74) is 2.93. The van der Waals surface area contributed by atoms with Crippen LogP contribution in [-0.4, -0.2) is 19.5 Å². The van der Waals surface area contributed by atoms with Crippen LogP contribution in [0, 0.1) is 12.7 Å². The first-order chi connectivity index (χ1) is 10.1. The minimum atomic E-state index is -0.362. The number of anilines is 1. The second-order valence-electron chi connectivity index (χ2n) is 4.92. The smallest absolute Gasteiger partial charge is 0.255 e. The monoisotopic (exact) mass is 286 g/mol. The number of likely N-dealkylation sites (N-methyl/N-ethyl adjacent to an activating group) is 1. The van der Waals surface area contributed by atoms with Crippen LogP contribution in [0.25, 0.3) is 0 Å². The molecule has 2 N–H and O–H groups in total. The molecular formula is C17H19FN2O. The van der Waals surface area contributed by atoms with Crippen molar-refractivity contribution in [1.29, 1.82) is 0 Å². The fourth-order valence-electron chi connectivity index (χ4n) is 2.14. The maximum atomic E-state index is 13.3. The van der Waals surface area contributed by atoms with E-state index in [0.29, 0.717) is 11.3 Å². The van der Waals surface area contributed by atoms with Gasteiger partial charge in [-0.2, -0.15) is 0 Å². The predicted molar refractivity (Wildman–Crippen MR) is 83.2 cm³/mol. The second-order valence-corrected chi connectivity index (χ2v) is 4.92. The summed E-state index contributed by atoms with van der Waals surface area (Å²) in [6, 6.07) is 11.8. The molecule has 0 heterocycles. The lowest BCUT2D eigenvalue weighted by molar-refractivity contribution is 0.102. The van der Waals surface area contributed by atoms with Gasteiger partial charge in [0.2, 0.25) is 0 Å². The van der Waals surface area contributed by atoms with Gasteiger partial charge in [0, 0.05) is 11.3 Å². The summed E-state index contributed by atoms with van der Waals surface area (Å²) in [5, 5.41) is 5.85. The van der Waals surface area contributed by atoms with E-state index in [1.807, 2.05) is 32.2 Å². The first-order valence-corrected chi connectivity index (χ1v) is 6.92. The van der Waals surface area contributed by atoms with Gasteiger partial charge in [0.1, 0.15) is 5.82 Å². The van der Waals surface area contributed by atoms with Crippen LogP contribution in [-0.2, 0) is 6.42 Å². The molecule has 0 aromatic heterocycles. The van der Waals surface area contributed by atoms with Crippen LogP contribution in [0.2, 0.25) is 0 Å². The molecule has 0 saturated carbocycles. The Labute approximate surface area is 124 Å². The van der Waals surface area contributed by atoms with Gasteiger partial charge < -0.3 is 10.6 Å². The Morgan fingerprint density at radius 3 is 2.71 bits per heavy atom. The van der Waals surface area contributed by atoms with Crippen LogP contribution < -0.4 is 10.6 Å². The summed E-state index contributed by atoms with van der Waals surface area (Å²) >= 11 is 0. The zero-order valence-corrected chi connectivity index (χ0v) is 12.2. The molecule has 0 radical (unpaired) electrons. The number of amides is 1. The summed E-state index contributed by atoms with van der Waals surface area (Å²) in [4.78, 5) is 12.4. The quantitative estimate of drug-likeness (QED) is 0.886. The van der Waals surface area contributed by atoms with Crippen molar-refractivity contribution in [3.63, 3.8) is 0 Å². The van der Waals surface area contributed by atoms with Crippen LogP contribution in [0.4, 0.5) is 10.1 Å². The van der Waals surface area contributed by atoms with Crippen molar-refractivity contribution in [2.75, 3.05) is 18.9 Å². The Bertz CT molecular complexity index is 640. The summed E-state index contributed by atoms with van der Waals surface area (Å²) in [5.74, 6) is -0.574. The largest absolute Gasteiger partial charge is 0.322 e. The van der Waals surface area contributed by atoms with Gasteiger partial charge in [-0.1, -0.05) is 24.3 Å². The number of nitrogens with one attached hydrogen (secondary N) is 2. The molecule has 0 aliphatic heterocycles. The summed E-state index contributed by atoms with van der Waals surface area (Å²) < 4.78 is 13.3. The first-order valence-electron chi connectivity index (χ1n) is 6.92. The van der Waals surface area contributed by atoms with Crippen molar-refractivity contribution in [2.45, 2.75) is 13.3 Å². The highest BCUT2D eigenvalue weighted by Gasteiger charge is 2.12. The number of hydrogen-bond donors (Lipinski definition) is 2. The molecule has 0 aliphatic carbocycles. The van der Waals surface area contributed by atoms with Crippen molar-refractivity contribution < 1.29 is 9.18 Å². The van der Waals surface area contributed by atoms with E-state index >= 15 is 0 Å². The van der Waals surface area contributed by atoms with Crippen LogP contribution >= 0.6 is 0 Å². The third-order valence-electron chi connectivity index (χ3n) is 3.35. The van der Waals surface area contributed by atoms with Gasteiger partial charge in [-0.3, -0.25) is 4.79 Å². The minimum absolute atomic E-state index is 0.213. The highest BCUT2D eigenvalue weighted by Crippen LogP contribution is 2.18. The van der Waals surface area contributed by atoms with Crippen molar-refractivity contribution in [3.8, 4) is 0 Å². The van der Waals surface area contributed by atoms with Gasteiger partial charge in [-0.05, 0) is 56.3 Å². The number of carbonyl (C=O) groups is 1. The zero-order valence-electron chi connectivity index (χ0n) is 12.2. The van der Waals surface area contributed by atoms with E-state index in [9.17, 15) is 9.18 Å². The first kappa shape index (κ1) is 15.2. The average molecular weight is 286 g/mol. The highest BCUT2D eigenvalue weighted by atomic mass is 19.1. The molecule has 1 amide bonds. The summed E-state index contributed by atoms with van der Waals surface area (Å²) in [7, 11) is 1.87. The van der Waals surface area contributed by atoms with Crippen molar-refractivity contribution in [3.05, 3.63) is 65.0 Å². The normalized spacial score (nSPS) is 10.4. The fraction of sp³-hybridized carbons (Fsp3) is 0.235. The van der Waals surface area contributed by atoms with Crippen molar-refractivity contribution in [1.82, 2.24) is 5.32 Å². The third-order valence-corrected chi connectivity index (χ3v) is 3.35. The molecule has 0 saturated heterocycles. The number of benzene rings is 2. The molecule has 4 heteroatoms. The molecule has 21 heavy (non-hydrogen) atoms. The Kier molecular flexibility index (Phi) is 5.06. The Hall–Kier alpha value is -2.20. The van der Waals surface area contributed by atoms with Gasteiger partial charge in [-0.15, -0.1) is 0 Å². The lowest BCUT2D eigenvalue weighted by Crippen LogP contribution is -2.17. The molecule has 110 valence electrons. The van der Waals surface area contributed by atoms with Gasteiger partial charge in [0.05, 0.1) is 0 Å². The molecule has 2 aromatic carbocycles. The summed E-state index contributed by atoms with van der Waals surface area (Å²) in [6.07, 6.45) is 0.766. The van der Waals surface area contributed by atoms with Crippen LogP contribution in [0.3, 0.4) is 0 Å². The Morgan fingerprint density at radius 2 is 1.95 bits per heavy atom. The molecule has 0 aliphatic rings. The fourth-order valence-corrected chi connectivity index (χ4v) is 2.14. The van der Waals surface area contributed by atoms with Crippen LogP contribution in [0.1, 0.15) is 21.5 Å². The number of rotatable bonds is 5. The molecule has 0 spiro atoms. The number of aryl methyl sites for hydroxylation is 1. The Morgan fingerprint density at radius 1 is 1.19 bits per heavy atom. The van der Waals surface area contributed by atoms with E-state index in [1.165, 1.54) is 12.1 Å². The van der Waals surface area contributed by atoms with Gasteiger partial charge in [-0.25, -0.2) is 4.39 Å². The average Bonchev–Trinajstić information content (AvgIpc) is 2.49. The van der Waals surface area contributed by atoms with E-state index in [-0.39, 0.29) is 11.7 Å². The van der Waals surface area contributed by atoms with Crippen LogP contribution in [0.15, 0.2) is 42.5 Å². The van der Waals surface area contributed by atoms with Gasteiger partial charge in [0.25, 0.3) is 5.91 Å². The van der Waals surface area contributed by atoms with E-state index in [4.69, 9.17) is 0 Å². The predicted octanol–water partition coefficient (Wildman–Crippen LogP) is 3.15. The van der Waals surface area contributed by atoms with E-state index in [2.05, 4.69) is 10.6 Å². The number of hydrogen-bond acceptors (Lipinski definition) is 2. The van der Waals surface area contributed by atoms with Crippen LogP contribution in [0.5, 0.6) is 0 Å². The van der Waals surface area contributed by atoms with Crippen molar-refractivity contribution >= 4 is 11.6 Å². The summed E-state index contributed by atoms with van der Waals surface area (Å²) in [6.45, 7) is 2.63. The minimum Gasteiger partial charge on any atom is -0.322 e. The maximum absolute atomic E-state index is 13.3. The third kappa shape index (κ3) is 3.89. The van der Waals surface area contributed by atoms with Gasteiger partial charge >= 0.3 is 0 Å². The van der Waals surface area contributed by atoms with E-state index in [0.717, 1.165) is 24.1 Å². The number of halogens is 1. The maximum Gasteiger partial charge on any atom is 0.255 e.